The van der Waals surface area contributed by atoms with Crippen LogP contribution in [0, 0.1) is 56.7 Å². The second-order valence-electron chi connectivity index (χ2n) is 15.8. The van der Waals surface area contributed by atoms with E-state index in [1.54, 1.807) is 0 Å². The average molecular weight is 559 g/mol. The van der Waals surface area contributed by atoms with Gasteiger partial charge >= 0.3 is 5.97 Å². The fourth-order valence-corrected chi connectivity index (χ4v) is 11.2. The van der Waals surface area contributed by atoms with Crippen molar-refractivity contribution in [2.45, 2.75) is 100 Å². The molecule has 0 unspecified atom stereocenters. The molecule has 0 spiro atoms. The van der Waals surface area contributed by atoms with Crippen molar-refractivity contribution in [3.8, 4) is 0 Å². The van der Waals surface area contributed by atoms with Gasteiger partial charge in [-0.15, -0.1) is 0 Å². The third-order valence-corrected chi connectivity index (χ3v) is 13.9. The maximum absolute atomic E-state index is 14.2. The first kappa shape index (κ1) is 28.7. The molecule has 0 amide bonds. The van der Waals surface area contributed by atoms with Gasteiger partial charge in [0.25, 0.3) is 0 Å². The fourth-order valence-electron chi connectivity index (χ4n) is 11.2. The van der Waals surface area contributed by atoms with Gasteiger partial charge in [0.05, 0.1) is 5.41 Å². The van der Waals surface area contributed by atoms with E-state index in [2.05, 4.69) is 40.7 Å². The zero-order valence-electron chi connectivity index (χ0n) is 26.3. The van der Waals surface area contributed by atoms with E-state index in [1.165, 1.54) is 5.57 Å². The Morgan fingerprint density at radius 1 is 0.951 bits per heavy atom. The minimum absolute atomic E-state index is 0.00334. The molecule has 41 heavy (non-hydrogen) atoms. The minimum atomic E-state index is -0.572. The minimum Gasteiger partial charge on any atom is -0.505 e. The van der Waals surface area contributed by atoms with Crippen molar-refractivity contribution in [3.05, 3.63) is 59.4 Å². The number of allylic oxidation sites excluding steroid dienone is 4. The number of hydrogen-bond acceptors (Lipinski definition) is 4. The van der Waals surface area contributed by atoms with E-state index in [9.17, 15) is 14.7 Å². The van der Waals surface area contributed by atoms with Crippen LogP contribution in [0.5, 0.6) is 0 Å². The van der Waals surface area contributed by atoms with Crippen molar-refractivity contribution >= 4 is 11.8 Å². The predicted octanol–water partition coefficient (Wildman–Crippen LogP) is 8.62. The highest BCUT2D eigenvalue weighted by Gasteiger charge is 2.69. The molecule has 4 heteroatoms. The lowest BCUT2D eigenvalue weighted by molar-refractivity contribution is -0.183. The smallest absolute Gasteiger partial charge is 0.313 e. The number of benzene rings is 1. The Labute approximate surface area is 247 Å². The molecule has 0 heterocycles. The van der Waals surface area contributed by atoms with Crippen LogP contribution in [0.25, 0.3) is 0 Å². The van der Waals surface area contributed by atoms with Crippen LogP contribution in [-0.4, -0.2) is 16.9 Å². The van der Waals surface area contributed by atoms with Crippen molar-refractivity contribution in [3.63, 3.8) is 0 Å². The maximum atomic E-state index is 14.2. The Morgan fingerprint density at radius 2 is 1.66 bits per heavy atom. The van der Waals surface area contributed by atoms with E-state index in [-0.39, 0.29) is 45.6 Å². The first-order chi connectivity index (χ1) is 19.2. The van der Waals surface area contributed by atoms with Crippen molar-refractivity contribution in [1.29, 1.82) is 0 Å². The molecule has 1 aromatic carbocycles. The lowest BCUT2D eigenvalue weighted by atomic mass is 9.34. The Kier molecular flexibility index (Phi) is 6.53. The van der Waals surface area contributed by atoms with Gasteiger partial charge < -0.3 is 9.84 Å². The highest BCUT2D eigenvalue weighted by molar-refractivity contribution is 5.98. The number of fused-ring (bicyclic) bond motifs is 7. The Balaban J connectivity index is 1.40. The van der Waals surface area contributed by atoms with E-state index in [0.717, 1.165) is 50.5 Å². The number of Topliss-reactive ketones (excluding diaryl/α,β-unsaturated/α-hetero) is 1. The summed E-state index contributed by atoms with van der Waals surface area (Å²) in [4.78, 5) is 27.2. The number of carbonyl (C=O) groups is 2. The molecule has 0 saturated heterocycles. The van der Waals surface area contributed by atoms with Crippen LogP contribution in [0.4, 0.5) is 0 Å². The molecule has 9 atom stereocenters. The monoisotopic (exact) mass is 558 g/mol. The molecule has 0 aromatic heterocycles. The molecule has 1 aromatic rings. The normalized spacial score (nSPS) is 44.8. The molecule has 4 nitrogen and oxygen atoms in total. The van der Waals surface area contributed by atoms with Crippen LogP contribution in [0.2, 0.25) is 0 Å². The van der Waals surface area contributed by atoms with E-state index < -0.39 is 10.8 Å². The van der Waals surface area contributed by atoms with Crippen LogP contribution >= 0.6 is 0 Å². The van der Waals surface area contributed by atoms with E-state index >= 15 is 0 Å². The summed E-state index contributed by atoms with van der Waals surface area (Å²) in [6.45, 7) is 16.5. The Morgan fingerprint density at radius 3 is 2.37 bits per heavy atom. The van der Waals surface area contributed by atoms with Crippen LogP contribution in [0.15, 0.2) is 53.8 Å². The third kappa shape index (κ3) is 3.77. The summed E-state index contributed by atoms with van der Waals surface area (Å²) in [6.07, 6.45) is 11.2. The first-order valence-electron chi connectivity index (χ1n) is 16.1. The maximum Gasteiger partial charge on any atom is 0.313 e. The summed E-state index contributed by atoms with van der Waals surface area (Å²) in [7, 11) is 0. The van der Waals surface area contributed by atoms with Crippen LogP contribution in [-0.2, 0) is 20.9 Å². The van der Waals surface area contributed by atoms with E-state index in [4.69, 9.17) is 4.74 Å². The van der Waals surface area contributed by atoms with Crippen molar-refractivity contribution in [1.82, 2.24) is 0 Å². The van der Waals surface area contributed by atoms with Crippen molar-refractivity contribution in [2.75, 3.05) is 0 Å². The fraction of sp³-hybridized carbons (Fsp3) is 0.676. The summed E-state index contributed by atoms with van der Waals surface area (Å²) in [5, 5.41) is 10.9. The number of ether oxygens (including phenoxy) is 1. The quantitative estimate of drug-likeness (QED) is 0.298. The second kappa shape index (κ2) is 9.32. The first-order valence-corrected chi connectivity index (χ1v) is 16.1. The molecular weight excluding hydrogens is 508 g/mol. The van der Waals surface area contributed by atoms with E-state index in [0.29, 0.717) is 24.4 Å². The topological polar surface area (TPSA) is 63.6 Å². The average Bonchev–Trinajstić information content (AvgIpc) is 2.93. The molecule has 3 saturated carbocycles. The number of aliphatic hydroxyl groups is 1. The standard InChI is InChI=1S/C37H50O4/c1-23-15-18-37(32(40)41-22-25-11-9-8-10-12-25)20-19-35(6)26(30(37)24(23)2)13-14-29-34(5)21-27(38)31(39)33(3,4)28(34)16-17-36(29,35)7/h8-13,21,23-24,28-30,38H,14-20,22H2,1-7H3/t23-,24+,28+,29-,30+,34+,35-,36-,37+/m1/s1. The largest absolute Gasteiger partial charge is 0.505 e. The van der Waals surface area contributed by atoms with Crippen LogP contribution in [0.1, 0.15) is 99.0 Å². The third-order valence-electron chi connectivity index (χ3n) is 13.9. The van der Waals surface area contributed by atoms with Crippen molar-refractivity contribution in [2.24, 2.45) is 56.7 Å². The van der Waals surface area contributed by atoms with Gasteiger partial charge in [0.2, 0.25) is 5.78 Å². The van der Waals surface area contributed by atoms with Gasteiger partial charge in [0.15, 0.2) is 5.76 Å². The molecule has 222 valence electrons. The summed E-state index contributed by atoms with van der Waals surface area (Å²) in [5.74, 6) is 1.52. The lowest BCUT2D eigenvalue weighted by Gasteiger charge is -2.70. The number of ketones is 1. The highest BCUT2D eigenvalue weighted by atomic mass is 16.5. The number of carbonyl (C=O) groups excluding carboxylic acids is 2. The predicted molar refractivity (Wildman–Crippen MR) is 162 cm³/mol. The second-order valence-corrected chi connectivity index (χ2v) is 15.8. The molecule has 0 radical (unpaired) electrons. The van der Waals surface area contributed by atoms with Gasteiger partial charge in [-0.25, -0.2) is 0 Å². The Bertz CT molecular complexity index is 1310. The zero-order chi connectivity index (χ0) is 29.6. The van der Waals surface area contributed by atoms with Gasteiger partial charge in [-0.1, -0.05) is 90.4 Å². The number of esters is 1. The van der Waals surface area contributed by atoms with Crippen LogP contribution < -0.4 is 0 Å². The summed E-state index contributed by atoms with van der Waals surface area (Å²) in [6, 6.07) is 10.0. The van der Waals surface area contributed by atoms with Crippen LogP contribution in [0.3, 0.4) is 0 Å². The molecule has 3 fully saturated rings. The molecule has 0 bridgehead atoms. The van der Waals surface area contributed by atoms with E-state index in [1.807, 2.05) is 50.3 Å². The molecular formula is C37H50O4. The lowest BCUT2D eigenvalue weighted by Crippen LogP contribution is -2.64. The zero-order valence-corrected chi connectivity index (χ0v) is 26.3. The molecule has 0 aliphatic heterocycles. The SMILES string of the molecule is C[C@H]1[C@H](C)CC[C@]2(C(=O)OCc3ccccc3)CC[C@]3(C)C(=CC[C@@H]4[C@@]5(C)C=C(O)C(=O)C(C)(C)[C@@H]5CC[C@]43C)[C@H]12. The van der Waals surface area contributed by atoms with Crippen molar-refractivity contribution < 1.29 is 19.4 Å². The van der Waals surface area contributed by atoms with Gasteiger partial charge in [0.1, 0.15) is 6.61 Å². The molecule has 5 aliphatic rings. The molecule has 6 rings (SSSR count). The summed E-state index contributed by atoms with van der Waals surface area (Å²) in [5.41, 5.74) is 1.21. The molecule has 5 aliphatic carbocycles. The molecule has 1 N–H and O–H groups in total. The van der Waals surface area contributed by atoms with Gasteiger partial charge in [0, 0.05) is 5.41 Å². The number of rotatable bonds is 3. The number of hydrogen-bond donors (Lipinski definition) is 1. The summed E-state index contributed by atoms with van der Waals surface area (Å²) < 4.78 is 6.15. The summed E-state index contributed by atoms with van der Waals surface area (Å²) >= 11 is 0. The van der Waals surface area contributed by atoms with Gasteiger partial charge in [-0.2, -0.15) is 0 Å². The van der Waals surface area contributed by atoms with Gasteiger partial charge in [-0.05, 0) is 102 Å². The van der Waals surface area contributed by atoms with Gasteiger partial charge in [-0.3, -0.25) is 9.59 Å². The highest BCUT2D eigenvalue weighted by Crippen LogP contribution is 2.75. The number of aliphatic hydroxyl groups excluding tert-OH is 1. The Hall–Kier alpha value is -2.36.